The summed E-state index contributed by atoms with van der Waals surface area (Å²) >= 11 is 0. The number of carbonyl (C=O) groups is 2. The van der Waals surface area contributed by atoms with Gasteiger partial charge in [0.15, 0.2) is 0 Å². The molecule has 0 aromatic carbocycles. The number of hydrogen-bond donors (Lipinski definition) is 1. The number of ether oxygens (including phenoxy) is 1. The van der Waals surface area contributed by atoms with E-state index < -0.39 is 11.8 Å². The van der Waals surface area contributed by atoms with Crippen LogP contribution in [-0.4, -0.2) is 49.6 Å². The molecule has 0 heterocycles. The maximum absolute atomic E-state index is 11.7. The second-order valence-corrected chi connectivity index (χ2v) is 3.59. The molecule has 0 aliphatic rings. The van der Waals surface area contributed by atoms with Gasteiger partial charge in [0.1, 0.15) is 0 Å². The summed E-state index contributed by atoms with van der Waals surface area (Å²) in [5, 5.41) is 2.56. The van der Waals surface area contributed by atoms with Gasteiger partial charge in [-0.25, -0.2) is 0 Å². The molecule has 0 rings (SSSR count). The number of amides is 2. The highest BCUT2D eigenvalue weighted by atomic mass is 16.5. The maximum Gasteiger partial charge on any atom is 0.312 e. The summed E-state index contributed by atoms with van der Waals surface area (Å²) in [6, 6.07) is 0. The van der Waals surface area contributed by atoms with Crippen molar-refractivity contribution in [2.45, 2.75) is 13.3 Å². The lowest BCUT2D eigenvalue weighted by molar-refractivity contribution is -0.145. The van der Waals surface area contributed by atoms with Crippen LogP contribution >= 0.6 is 0 Å². The molecular weight excluding hydrogens is 232 g/mol. The molecule has 5 heteroatoms. The van der Waals surface area contributed by atoms with E-state index in [0.29, 0.717) is 39.3 Å². The molecule has 0 aromatic rings. The van der Waals surface area contributed by atoms with E-state index in [0.717, 1.165) is 0 Å². The molecule has 0 radical (unpaired) electrons. The fourth-order valence-electron chi connectivity index (χ4n) is 1.29. The first-order chi connectivity index (χ1) is 8.67. The van der Waals surface area contributed by atoms with Crippen LogP contribution in [0.4, 0.5) is 0 Å². The first-order valence-electron chi connectivity index (χ1n) is 6.04. The van der Waals surface area contributed by atoms with E-state index in [4.69, 9.17) is 4.74 Å². The molecule has 18 heavy (non-hydrogen) atoms. The van der Waals surface area contributed by atoms with E-state index in [1.807, 2.05) is 6.92 Å². The molecule has 0 bridgehead atoms. The summed E-state index contributed by atoms with van der Waals surface area (Å²) < 4.78 is 5.13. The molecule has 0 aliphatic heterocycles. The molecule has 1 N–H and O–H groups in total. The SMILES string of the molecule is C=CCN(CC=C)C(=O)C(=O)NCCCOCC. The zero-order valence-corrected chi connectivity index (χ0v) is 11.0. The van der Waals surface area contributed by atoms with Gasteiger partial charge in [-0.3, -0.25) is 9.59 Å². The second kappa shape index (κ2) is 10.5. The number of carbonyl (C=O) groups excluding carboxylic acids is 2. The van der Waals surface area contributed by atoms with E-state index in [1.165, 1.54) is 4.90 Å². The van der Waals surface area contributed by atoms with Gasteiger partial charge in [-0.2, -0.15) is 0 Å². The van der Waals surface area contributed by atoms with Crippen molar-refractivity contribution in [3.8, 4) is 0 Å². The van der Waals surface area contributed by atoms with E-state index in [-0.39, 0.29) is 0 Å². The molecule has 0 aliphatic carbocycles. The molecule has 0 fully saturated rings. The molecule has 0 saturated heterocycles. The summed E-state index contributed by atoms with van der Waals surface area (Å²) in [7, 11) is 0. The average Bonchev–Trinajstić information content (AvgIpc) is 2.37. The minimum absolute atomic E-state index is 0.331. The molecule has 0 saturated carbocycles. The third kappa shape index (κ3) is 6.85. The third-order valence-corrected chi connectivity index (χ3v) is 2.14. The van der Waals surface area contributed by atoms with Gasteiger partial charge >= 0.3 is 11.8 Å². The number of nitrogens with one attached hydrogen (secondary N) is 1. The predicted octanol–water partition coefficient (Wildman–Crippen LogP) is 0.730. The molecule has 0 atom stereocenters. The van der Waals surface area contributed by atoms with Gasteiger partial charge in [-0.05, 0) is 13.3 Å². The predicted molar refractivity (Wildman–Crippen MR) is 71.1 cm³/mol. The van der Waals surface area contributed by atoms with E-state index in [1.54, 1.807) is 12.2 Å². The Hall–Kier alpha value is -1.62. The highest BCUT2D eigenvalue weighted by Crippen LogP contribution is 1.92. The Kier molecular flexibility index (Phi) is 9.58. The van der Waals surface area contributed by atoms with Crippen molar-refractivity contribution < 1.29 is 14.3 Å². The average molecular weight is 254 g/mol. The van der Waals surface area contributed by atoms with Crippen LogP contribution in [0.15, 0.2) is 25.3 Å². The smallest absolute Gasteiger partial charge is 0.312 e. The highest BCUT2D eigenvalue weighted by Gasteiger charge is 2.19. The van der Waals surface area contributed by atoms with Crippen LogP contribution in [0.25, 0.3) is 0 Å². The summed E-state index contributed by atoms with van der Waals surface area (Å²) in [6.45, 7) is 11.3. The van der Waals surface area contributed by atoms with Gasteiger partial charge in [0.05, 0.1) is 0 Å². The van der Waals surface area contributed by atoms with Gasteiger partial charge in [0.25, 0.3) is 0 Å². The maximum atomic E-state index is 11.7. The summed E-state index contributed by atoms with van der Waals surface area (Å²) in [5.41, 5.74) is 0. The van der Waals surface area contributed by atoms with Crippen molar-refractivity contribution in [2.75, 3.05) is 32.8 Å². The second-order valence-electron chi connectivity index (χ2n) is 3.59. The van der Waals surface area contributed by atoms with Gasteiger partial charge in [0.2, 0.25) is 0 Å². The Morgan fingerprint density at radius 1 is 1.28 bits per heavy atom. The lowest BCUT2D eigenvalue weighted by Crippen LogP contribution is -2.43. The zero-order chi connectivity index (χ0) is 13.8. The largest absolute Gasteiger partial charge is 0.382 e. The van der Waals surface area contributed by atoms with Crippen molar-refractivity contribution in [1.82, 2.24) is 10.2 Å². The van der Waals surface area contributed by atoms with Crippen LogP contribution in [0.3, 0.4) is 0 Å². The summed E-state index contributed by atoms with van der Waals surface area (Å²) in [4.78, 5) is 24.7. The molecule has 0 unspecified atom stereocenters. The Morgan fingerprint density at radius 3 is 2.39 bits per heavy atom. The number of hydrogen-bond acceptors (Lipinski definition) is 3. The zero-order valence-electron chi connectivity index (χ0n) is 11.0. The Morgan fingerprint density at radius 2 is 1.89 bits per heavy atom. The standard InChI is InChI=1S/C13H22N2O3/c1-4-9-15(10-5-2)13(17)12(16)14-8-7-11-18-6-3/h4-5H,1-2,6-11H2,3H3,(H,14,16). The quantitative estimate of drug-likeness (QED) is 0.375. The van der Waals surface area contributed by atoms with Crippen molar-refractivity contribution >= 4 is 11.8 Å². The normalized spacial score (nSPS) is 9.61. The molecule has 5 nitrogen and oxygen atoms in total. The van der Waals surface area contributed by atoms with Crippen molar-refractivity contribution in [3.05, 3.63) is 25.3 Å². The van der Waals surface area contributed by atoms with Crippen molar-refractivity contribution in [2.24, 2.45) is 0 Å². The summed E-state index contributed by atoms with van der Waals surface area (Å²) in [5.74, 6) is -1.17. The molecule has 2 amide bonds. The summed E-state index contributed by atoms with van der Waals surface area (Å²) in [6.07, 6.45) is 3.84. The van der Waals surface area contributed by atoms with E-state index in [9.17, 15) is 9.59 Å². The lowest BCUT2D eigenvalue weighted by atomic mass is 10.3. The van der Waals surface area contributed by atoms with E-state index >= 15 is 0 Å². The highest BCUT2D eigenvalue weighted by molar-refractivity contribution is 6.35. The third-order valence-electron chi connectivity index (χ3n) is 2.14. The Bertz CT molecular complexity index is 280. The van der Waals surface area contributed by atoms with Crippen LogP contribution in [0, 0.1) is 0 Å². The Balaban J connectivity index is 4.01. The Labute approximate surface area is 108 Å². The van der Waals surface area contributed by atoms with Gasteiger partial charge < -0.3 is 15.0 Å². The van der Waals surface area contributed by atoms with E-state index in [2.05, 4.69) is 18.5 Å². The van der Waals surface area contributed by atoms with Crippen LogP contribution in [0.1, 0.15) is 13.3 Å². The topological polar surface area (TPSA) is 58.6 Å². The monoisotopic (exact) mass is 254 g/mol. The minimum atomic E-state index is -0.602. The van der Waals surface area contributed by atoms with Crippen LogP contribution in [-0.2, 0) is 14.3 Å². The number of rotatable bonds is 9. The molecule has 102 valence electrons. The van der Waals surface area contributed by atoms with Crippen molar-refractivity contribution in [1.29, 1.82) is 0 Å². The van der Waals surface area contributed by atoms with Gasteiger partial charge in [0, 0.05) is 32.8 Å². The fourth-order valence-corrected chi connectivity index (χ4v) is 1.29. The first-order valence-corrected chi connectivity index (χ1v) is 6.04. The fraction of sp³-hybridized carbons (Fsp3) is 0.538. The van der Waals surface area contributed by atoms with Gasteiger partial charge in [-0.15, -0.1) is 13.2 Å². The molecular formula is C13H22N2O3. The van der Waals surface area contributed by atoms with Crippen LogP contribution < -0.4 is 5.32 Å². The van der Waals surface area contributed by atoms with Crippen molar-refractivity contribution in [3.63, 3.8) is 0 Å². The van der Waals surface area contributed by atoms with Crippen LogP contribution in [0.5, 0.6) is 0 Å². The van der Waals surface area contributed by atoms with Gasteiger partial charge in [-0.1, -0.05) is 12.2 Å². The number of nitrogens with zero attached hydrogens (tertiary/aromatic N) is 1. The lowest BCUT2D eigenvalue weighted by Gasteiger charge is -2.18. The molecule has 0 aromatic heterocycles. The molecule has 0 spiro atoms. The first kappa shape index (κ1) is 16.4. The minimum Gasteiger partial charge on any atom is -0.382 e. The van der Waals surface area contributed by atoms with Crippen LogP contribution in [0.2, 0.25) is 0 Å².